The van der Waals surface area contributed by atoms with E-state index in [2.05, 4.69) is 14.5 Å². The zero-order valence-electron chi connectivity index (χ0n) is 9.93. The van der Waals surface area contributed by atoms with E-state index < -0.39 is 0 Å². The summed E-state index contributed by atoms with van der Waals surface area (Å²) in [5, 5.41) is 1.32. The Morgan fingerprint density at radius 1 is 1.50 bits per heavy atom. The third-order valence-corrected chi connectivity index (χ3v) is 3.67. The minimum absolute atomic E-state index is 0.154. The quantitative estimate of drug-likeness (QED) is 0.781. The molecule has 0 aliphatic heterocycles. The van der Waals surface area contributed by atoms with Crippen molar-refractivity contribution in [3.8, 4) is 0 Å². The number of nitrogens with zero attached hydrogens (tertiary/aromatic N) is 3. The summed E-state index contributed by atoms with van der Waals surface area (Å²) in [5.74, 6) is 0.154. The summed E-state index contributed by atoms with van der Waals surface area (Å²) in [7, 11) is 0. The molecule has 18 heavy (non-hydrogen) atoms. The molecule has 5 heteroatoms. The van der Waals surface area contributed by atoms with Gasteiger partial charge in [0.2, 0.25) is 0 Å². The van der Waals surface area contributed by atoms with Gasteiger partial charge in [0.25, 0.3) is 0 Å². The second-order valence-corrected chi connectivity index (χ2v) is 4.84. The van der Waals surface area contributed by atoms with Crippen molar-refractivity contribution >= 4 is 28.4 Å². The third-order valence-electron chi connectivity index (χ3n) is 3.37. The molecule has 3 rings (SSSR count). The Hall–Kier alpha value is -1.68. The Bertz CT molecular complexity index is 659. The first-order valence-corrected chi connectivity index (χ1v) is 6.23. The number of ketones is 1. The number of halogens is 1. The lowest BCUT2D eigenvalue weighted by atomic mass is 10.2. The SMILES string of the molecule is CC(=O)C1=CC(n2ccc3c(Cl)ncnc32)CC1. The van der Waals surface area contributed by atoms with Crippen LogP contribution in [0.1, 0.15) is 25.8 Å². The topological polar surface area (TPSA) is 47.8 Å². The number of hydrogen-bond acceptors (Lipinski definition) is 3. The number of allylic oxidation sites excluding steroid dienone is 2. The van der Waals surface area contributed by atoms with Crippen molar-refractivity contribution in [2.75, 3.05) is 0 Å². The van der Waals surface area contributed by atoms with Crippen molar-refractivity contribution in [1.29, 1.82) is 0 Å². The number of rotatable bonds is 2. The highest BCUT2D eigenvalue weighted by atomic mass is 35.5. The zero-order chi connectivity index (χ0) is 12.7. The predicted molar refractivity (Wildman–Crippen MR) is 69.6 cm³/mol. The van der Waals surface area contributed by atoms with E-state index in [0.29, 0.717) is 5.15 Å². The van der Waals surface area contributed by atoms with Crippen LogP contribution in [0.5, 0.6) is 0 Å². The largest absolute Gasteiger partial charge is 0.325 e. The maximum absolute atomic E-state index is 11.4. The van der Waals surface area contributed by atoms with E-state index in [1.807, 2.05) is 18.3 Å². The first-order valence-electron chi connectivity index (χ1n) is 5.85. The van der Waals surface area contributed by atoms with Gasteiger partial charge in [-0.25, -0.2) is 9.97 Å². The van der Waals surface area contributed by atoms with Gasteiger partial charge in [0.15, 0.2) is 5.78 Å². The van der Waals surface area contributed by atoms with Crippen LogP contribution in [0.2, 0.25) is 5.15 Å². The molecule has 2 aromatic heterocycles. The minimum atomic E-state index is 0.154. The predicted octanol–water partition coefficient (Wildman–Crippen LogP) is 2.94. The van der Waals surface area contributed by atoms with Crippen LogP contribution < -0.4 is 0 Å². The van der Waals surface area contributed by atoms with E-state index >= 15 is 0 Å². The smallest absolute Gasteiger partial charge is 0.155 e. The zero-order valence-corrected chi connectivity index (χ0v) is 10.7. The average molecular weight is 262 g/mol. The molecule has 0 N–H and O–H groups in total. The molecule has 2 aromatic rings. The van der Waals surface area contributed by atoms with Gasteiger partial charge in [-0.1, -0.05) is 17.7 Å². The molecule has 0 radical (unpaired) electrons. The van der Waals surface area contributed by atoms with Crippen molar-refractivity contribution in [2.24, 2.45) is 0 Å². The van der Waals surface area contributed by atoms with Gasteiger partial charge in [0.1, 0.15) is 17.1 Å². The van der Waals surface area contributed by atoms with Crippen LogP contribution in [-0.4, -0.2) is 20.3 Å². The summed E-state index contributed by atoms with van der Waals surface area (Å²) >= 11 is 6.02. The normalized spacial score (nSPS) is 19.2. The number of Topliss-reactive ketones (excluding diaryl/α,β-unsaturated/α-hetero) is 1. The van der Waals surface area contributed by atoms with Crippen molar-refractivity contribution < 1.29 is 4.79 Å². The standard InChI is InChI=1S/C13H12ClN3O/c1-8(18)9-2-3-10(6-9)17-5-4-11-12(14)15-7-16-13(11)17/h4-7,10H,2-3H2,1H3. The van der Waals surface area contributed by atoms with Gasteiger partial charge in [0.05, 0.1) is 11.4 Å². The second kappa shape index (κ2) is 4.21. The molecule has 2 heterocycles. The van der Waals surface area contributed by atoms with Gasteiger partial charge < -0.3 is 4.57 Å². The summed E-state index contributed by atoms with van der Waals surface area (Å²) in [6, 6.07) is 2.10. The second-order valence-electron chi connectivity index (χ2n) is 4.48. The highest BCUT2D eigenvalue weighted by Gasteiger charge is 2.21. The van der Waals surface area contributed by atoms with Crippen LogP contribution in [0.15, 0.2) is 30.2 Å². The van der Waals surface area contributed by atoms with Crippen LogP contribution in [0.25, 0.3) is 11.0 Å². The van der Waals surface area contributed by atoms with Gasteiger partial charge in [-0.2, -0.15) is 0 Å². The number of aromatic nitrogens is 3. The number of carbonyl (C=O) groups is 1. The van der Waals surface area contributed by atoms with Crippen LogP contribution in [0, 0.1) is 0 Å². The van der Waals surface area contributed by atoms with Crippen LogP contribution in [-0.2, 0) is 4.79 Å². The monoisotopic (exact) mass is 261 g/mol. The first kappa shape index (κ1) is 11.4. The van der Waals surface area contributed by atoms with Crippen molar-refractivity contribution in [2.45, 2.75) is 25.8 Å². The molecule has 0 saturated carbocycles. The van der Waals surface area contributed by atoms with E-state index in [9.17, 15) is 4.79 Å². The fourth-order valence-corrected chi connectivity index (χ4v) is 2.61. The molecule has 1 aliphatic rings. The van der Waals surface area contributed by atoms with Gasteiger partial charge in [-0.15, -0.1) is 0 Å². The highest BCUT2D eigenvalue weighted by molar-refractivity contribution is 6.33. The molecule has 1 unspecified atom stereocenters. The molecule has 0 fully saturated rings. The maximum Gasteiger partial charge on any atom is 0.155 e. The Morgan fingerprint density at radius 2 is 2.33 bits per heavy atom. The molecule has 1 aliphatic carbocycles. The summed E-state index contributed by atoms with van der Waals surface area (Å²) in [4.78, 5) is 19.6. The van der Waals surface area contributed by atoms with Gasteiger partial charge >= 0.3 is 0 Å². The third kappa shape index (κ3) is 1.73. The average Bonchev–Trinajstić information content (AvgIpc) is 2.94. The molecule has 0 spiro atoms. The fraction of sp³-hybridized carbons (Fsp3) is 0.308. The summed E-state index contributed by atoms with van der Waals surface area (Å²) in [5.41, 5.74) is 1.73. The molecule has 4 nitrogen and oxygen atoms in total. The molecule has 0 amide bonds. The highest BCUT2D eigenvalue weighted by Crippen LogP contribution is 2.32. The first-order chi connectivity index (χ1) is 8.66. The summed E-state index contributed by atoms with van der Waals surface area (Å²) < 4.78 is 2.05. The molecular weight excluding hydrogens is 250 g/mol. The molecule has 0 saturated heterocycles. The van der Waals surface area contributed by atoms with E-state index in [0.717, 1.165) is 29.4 Å². The Kier molecular flexibility index (Phi) is 2.67. The van der Waals surface area contributed by atoms with Crippen molar-refractivity contribution in [3.63, 3.8) is 0 Å². The van der Waals surface area contributed by atoms with Gasteiger partial charge in [-0.05, 0) is 31.4 Å². The number of hydrogen-bond donors (Lipinski definition) is 0. The van der Waals surface area contributed by atoms with E-state index in [-0.39, 0.29) is 11.8 Å². The Morgan fingerprint density at radius 3 is 3.06 bits per heavy atom. The molecule has 1 atom stereocenters. The van der Waals surface area contributed by atoms with Gasteiger partial charge in [-0.3, -0.25) is 4.79 Å². The van der Waals surface area contributed by atoms with Crippen molar-refractivity contribution in [3.05, 3.63) is 35.4 Å². The fourth-order valence-electron chi connectivity index (χ4n) is 2.42. The van der Waals surface area contributed by atoms with Crippen LogP contribution in [0.4, 0.5) is 0 Å². The van der Waals surface area contributed by atoms with E-state index in [1.165, 1.54) is 6.33 Å². The van der Waals surface area contributed by atoms with Crippen LogP contribution in [0.3, 0.4) is 0 Å². The Balaban J connectivity index is 2.06. The minimum Gasteiger partial charge on any atom is -0.325 e. The lowest BCUT2D eigenvalue weighted by Crippen LogP contribution is -2.02. The summed E-state index contributed by atoms with van der Waals surface area (Å²) in [6.07, 6.45) is 7.21. The van der Waals surface area contributed by atoms with E-state index in [1.54, 1.807) is 6.92 Å². The molecule has 0 bridgehead atoms. The summed E-state index contributed by atoms with van der Waals surface area (Å²) in [6.45, 7) is 1.61. The lowest BCUT2D eigenvalue weighted by molar-refractivity contribution is -0.113. The van der Waals surface area contributed by atoms with E-state index in [4.69, 9.17) is 11.6 Å². The lowest BCUT2D eigenvalue weighted by Gasteiger charge is -2.10. The Labute approximate surface area is 109 Å². The molecule has 0 aromatic carbocycles. The van der Waals surface area contributed by atoms with Crippen molar-refractivity contribution in [1.82, 2.24) is 14.5 Å². The number of carbonyl (C=O) groups excluding carboxylic acids is 1. The maximum atomic E-state index is 11.4. The molecular formula is C13H12ClN3O. The molecule has 92 valence electrons. The number of fused-ring (bicyclic) bond motifs is 1. The van der Waals surface area contributed by atoms with Gasteiger partial charge in [0, 0.05) is 6.20 Å². The van der Waals surface area contributed by atoms with Crippen LogP contribution >= 0.6 is 11.6 Å².